The minimum atomic E-state index is -0.642. The van der Waals surface area contributed by atoms with Crippen molar-refractivity contribution in [3.8, 4) is 5.69 Å². The topological polar surface area (TPSA) is 125 Å². The summed E-state index contributed by atoms with van der Waals surface area (Å²) in [5.41, 5.74) is 0.484. The number of hydrogen-bond donors (Lipinski definition) is 1. The first-order chi connectivity index (χ1) is 11.1. The molecule has 0 aliphatic carbocycles. The van der Waals surface area contributed by atoms with Crippen LogP contribution in [0.3, 0.4) is 0 Å². The molecule has 0 spiro atoms. The van der Waals surface area contributed by atoms with Crippen LogP contribution in [0.4, 0.5) is 5.82 Å². The Morgan fingerprint density at radius 3 is 3.04 bits per heavy atom. The molecule has 0 saturated heterocycles. The highest BCUT2D eigenvalue weighted by atomic mass is 32.1. The highest BCUT2D eigenvalue weighted by Crippen LogP contribution is 2.20. The van der Waals surface area contributed by atoms with Crippen LogP contribution in [0.15, 0.2) is 28.4 Å². The Labute approximate surface area is 133 Å². The molecule has 1 N–H and O–H groups in total. The zero-order valence-electron chi connectivity index (χ0n) is 11.8. The van der Waals surface area contributed by atoms with Gasteiger partial charge in [-0.25, -0.2) is 4.79 Å². The summed E-state index contributed by atoms with van der Waals surface area (Å²) in [6, 6.07) is 3.23. The molecule has 3 heterocycles. The van der Waals surface area contributed by atoms with Gasteiger partial charge in [0.2, 0.25) is 0 Å². The number of amides is 1. The lowest BCUT2D eigenvalue weighted by atomic mass is 10.4. The molecule has 23 heavy (non-hydrogen) atoms. The first-order valence-electron chi connectivity index (χ1n) is 6.34. The molecule has 0 saturated carbocycles. The van der Waals surface area contributed by atoms with E-state index in [4.69, 9.17) is 9.26 Å². The molecule has 3 rings (SSSR count). The predicted octanol–water partition coefficient (Wildman–Crippen LogP) is 0.816. The van der Waals surface area contributed by atoms with Crippen molar-refractivity contribution in [1.29, 1.82) is 0 Å². The molecular formula is C12H10N6O4S. The SMILES string of the molecule is Cc1cc(NC(=O)COC(=O)c2sccc2-n2cnnn2)no1. The summed E-state index contributed by atoms with van der Waals surface area (Å²) in [7, 11) is 0. The van der Waals surface area contributed by atoms with Crippen LogP contribution >= 0.6 is 11.3 Å². The minimum Gasteiger partial charge on any atom is -0.451 e. The number of carbonyl (C=O) groups is 2. The summed E-state index contributed by atoms with van der Waals surface area (Å²) in [4.78, 5) is 24.1. The third-order valence-electron chi connectivity index (χ3n) is 2.66. The van der Waals surface area contributed by atoms with Crippen molar-refractivity contribution < 1.29 is 18.8 Å². The van der Waals surface area contributed by atoms with E-state index in [0.717, 1.165) is 11.3 Å². The fraction of sp³-hybridized carbons (Fsp3) is 0.167. The Hall–Kier alpha value is -3.08. The summed E-state index contributed by atoms with van der Waals surface area (Å²) in [5.74, 6) is -0.347. The second-order valence-electron chi connectivity index (χ2n) is 4.34. The number of thiophene rings is 1. The van der Waals surface area contributed by atoms with E-state index in [1.165, 1.54) is 11.0 Å². The van der Waals surface area contributed by atoms with Gasteiger partial charge in [-0.15, -0.1) is 16.4 Å². The summed E-state index contributed by atoms with van der Waals surface area (Å²) in [6.45, 7) is 1.25. The van der Waals surface area contributed by atoms with Gasteiger partial charge in [0, 0.05) is 6.07 Å². The first-order valence-corrected chi connectivity index (χ1v) is 7.22. The normalized spacial score (nSPS) is 10.5. The van der Waals surface area contributed by atoms with E-state index in [0.29, 0.717) is 16.3 Å². The van der Waals surface area contributed by atoms with E-state index in [1.807, 2.05) is 0 Å². The maximum Gasteiger partial charge on any atom is 0.351 e. The number of nitrogens with one attached hydrogen (secondary N) is 1. The monoisotopic (exact) mass is 334 g/mol. The van der Waals surface area contributed by atoms with Crippen molar-refractivity contribution in [3.63, 3.8) is 0 Å². The Morgan fingerprint density at radius 1 is 1.48 bits per heavy atom. The molecule has 1 amide bonds. The van der Waals surface area contributed by atoms with Crippen molar-refractivity contribution in [2.45, 2.75) is 6.92 Å². The lowest BCUT2D eigenvalue weighted by Crippen LogP contribution is -2.21. The van der Waals surface area contributed by atoms with Gasteiger partial charge in [0.15, 0.2) is 12.4 Å². The van der Waals surface area contributed by atoms with Crippen LogP contribution in [0.2, 0.25) is 0 Å². The lowest BCUT2D eigenvalue weighted by molar-refractivity contribution is -0.119. The average molecular weight is 334 g/mol. The number of nitrogens with zero attached hydrogens (tertiary/aromatic N) is 5. The molecule has 118 valence electrons. The summed E-state index contributed by atoms with van der Waals surface area (Å²) < 4.78 is 11.1. The number of esters is 1. The fourth-order valence-electron chi connectivity index (χ4n) is 1.71. The molecule has 11 heteroatoms. The second-order valence-corrected chi connectivity index (χ2v) is 5.25. The number of aryl methyl sites for hydroxylation is 1. The third kappa shape index (κ3) is 3.40. The molecule has 3 aromatic rings. The number of ether oxygens (including phenoxy) is 1. The largest absolute Gasteiger partial charge is 0.451 e. The van der Waals surface area contributed by atoms with E-state index in [2.05, 4.69) is 26.0 Å². The number of aromatic nitrogens is 5. The van der Waals surface area contributed by atoms with Crippen LogP contribution in [0.25, 0.3) is 5.69 Å². The van der Waals surface area contributed by atoms with Crippen LogP contribution in [-0.4, -0.2) is 43.8 Å². The zero-order chi connectivity index (χ0) is 16.2. The zero-order valence-corrected chi connectivity index (χ0v) is 12.6. The van der Waals surface area contributed by atoms with E-state index in [-0.39, 0.29) is 5.82 Å². The number of hydrogen-bond acceptors (Lipinski definition) is 9. The van der Waals surface area contributed by atoms with Crippen LogP contribution < -0.4 is 5.32 Å². The molecule has 3 aromatic heterocycles. The van der Waals surface area contributed by atoms with Crippen LogP contribution in [0.5, 0.6) is 0 Å². The maximum absolute atomic E-state index is 12.1. The van der Waals surface area contributed by atoms with Gasteiger partial charge in [-0.3, -0.25) is 4.79 Å². The Bertz CT molecular complexity index is 824. The highest BCUT2D eigenvalue weighted by molar-refractivity contribution is 7.12. The molecule has 0 fully saturated rings. The van der Waals surface area contributed by atoms with Crippen molar-refractivity contribution in [2.75, 3.05) is 11.9 Å². The average Bonchev–Trinajstić information content (AvgIpc) is 3.25. The molecule has 0 atom stereocenters. The van der Waals surface area contributed by atoms with Gasteiger partial charge in [-0.2, -0.15) is 4.68 Å². The van der Waals surface area contributed by atoms with Gasteiger partial charge in [-0.1, -0.05) is 5.16 Å². The molecular weight excluding hydrogens is 324 g/mol. The summed E-state index contributed by atoms with van der Waals surface area (Å²) in [6.07, 6.45) is 1.36. The van der Waals surface area contributed by atoms with Crippen molar-refractivity contribution in [2.24, 2.45) is 0 Å². The molecule has 0 bridgehead atoms. The standard InChI is InChI=1S/C12H10N6O4S/c1-7-4-9(15-22-7)14-10(19)5-21-12(20)11-8(2-3-23-11)18-6-13-16-17-18/h2-4,6H,5H2,1H3,(H,14,15,19). The van der Waals surface area contributed by atoms with Gasteiger partial charge < -0.3 is 14.6 Å². The molecule has 0 aromatic carbocycles. The van der Waals surface area contributed by atoms with Gasteiger partial charge in [0.05, 0.1) is 5.69 Å². The number of anilines is 1. The lowest BCUT2D eigenvalue weighted by Gasteiger charge is -2.04. The summed E-state index contributed by atoms with van der Waals surface area (Å²) in [5, 5.41) is 18.5. The van der Waals surface area contributed by atoms with Gasteiger partial charge in [0.25, 0.3) is 5.91 Å². The first kappa shape index (κ1) is 14.8. The van der Waals surface area contributed by atoms with Crippen molar-refractivity contribution in [1.82, 2.24) is 25.4 Å². The number of tetrazole rings is 1. The van der Waals surface area contributed by atoms with Gasteiger partial charge in [0.1, 0.15) is 17.0 Å². The predicted molar refractivity (Wildman–Crippen MR) is 77.2 cm³/mol. The van der Waals surface area contributed by atoms with Gasteiger partial charge >= 0.3 is 5.97 Å². The van der Waals surface area contributed by atoms with Crippen LogP contribution in [-0.2, 0) is 9.53 Å². The van der Waals surface area contributed by atoms with E-state index in [9.17, 15) is 9.59 Å². The Balaban J connectivity index is 1.60. The second kappa shape index (κ2) is 6.36. The summed E-state index contributed by atoms with van der Waals surface area (Å²) >= 11 is 1.16. The van der Waals surface area contributed by atoms with E-state index in [1.54, 1.807) is 24.4 Å². The minimum absolute atomic E-state index is 0.258. The smallest absolute Gasteiger partial charge is 0.351 e. The van der Waals surface area contributed by atoms with E-state index >= 15 is 0 Å². The quantitative estimate of drug-likeness (QED) is 0.680. The third-order valence-corrected chi connectivity index (χ3v) is 3.54. The molecule has 0 aliphatic rings. The molecule has 0 radical (unpaired) electrons. The van der Waals surface area contributed by atoms with Crippen LogP contribution in [0.1, 0.15) is 15.4 Å². The molecule has 0 aliphatic heterocycles. The maximum atomic E-state index is 12.1. The van der Waals surface area contributed by atoms with Crippen molar-refractivity contribution >= 4 is 29.0 Å². The van der Waals surface area contributed by atoms with Gasteiger partial charge in [-0.05, 0) is 28.8 Å². The van der Waals surface area contributed by atoms with Crippen LogP contribution in [0, 0.1) is 6.92 Å². The molecule has 0 unspecified atom stereocenters. The van der Waals surface area contributed by atoms with E-state index < -0.39 is 18.5 Å². The Kier molecular flexibility index (Phi) is 4.10. The fourth-order valence-corrected chi connectivity index (χ4v) is 2.48. The molecule has 10 nitrogen and oxygen atoms in total. The Morgan fingerprint density at radius 2 is 2.35 bits per heavy atom. The highest BCUT2D eigenvalue weighted by Gasteiger charge is 2.18. The van der Waals surface area contributed by atoms with Crippen molar-refractivity contribution in [3.05, 3.63) is 34.5 Å². The number of rotatable bonds is 5. The number of carbonyl (C=O) groups excluding carboxylic acids is 2.